The third kappa shape index (κ3) is 4.63. The molecule has 1 spiro atoms. The van der Waals surface area contributed by atoms with Crippen molar-refractivity contribution in [2.75, 3.05) is 13.1 Å². The Hall–Kier alpha value is -3.96. The molecule has 0 radical (unpaired) electrons. The van der Waals surface area contributed by atoms with Gasteiger partial charge in [0.2, 0.25) is 0 Å². The average Bonchev–Trinajstić information content (AvgIpc) is 3.29. The van der Waals surface area contributed by atoms with E-state index in [4.69, 9.17) is 9.47 Å². The zero-order valence-corrected chi connectivity index (χ0v) is 20.6. The van der Waals surface area contributed by atoms with Crippen molar-refractivity contribution >= 4 is 17.5 Å². The molecule has 37 heavy (non-hydrogen) atoms. The lowest BCUT2D eigenvalue weighted by molar-refractivity contribution is -0.295. The van der Waals surface area contributed by atoms with E-state index >= 15 is 0 Å². The van der Waals surface area contributed by atoms with Gasteiger partial charge in [-0.15, -0.1) is 0 Å². The number of esters is 2. The fraction of sp³-hybridized carbons (Fsp3) is 0.250. The number of rotatable bonds is 5. The quantitative estimate of drug-likeness (QED) is 0.418. The van der Waals surface area contributed by atoms with Gasteiger partial charge in [-0.25, -0.2) is 14.5 Å². The second-order valence-corrected chi connectivity index (χ2v) is 9.86. The summed E-state index contributed by atoms with van der Waals surface area (Å²) in [7, 11) is 0. The van der Waals surface area contributed by atoms with Gasteiger partial charge in [0.05, 0.1) is 0 Å². The number of ether oxygens (including phenoxy) is 2. The maximum atomic E-state index is 12.5. The monoisotopic (exact) mass is 491 g/mol. The Morgan fingerprint density at radius 1 is 0.811 bits per heavy atom. The Balaban J connectivity index is 1.25. The molecular weight excluding hydrogens is 462 g/mol. The van der Waals surface area contributed by atoms with E-state index < -0.39 is 17.8 Å². The summed E-state index contributed by atoms with van der Waals surface area (Å²) in [6.45, 7) is 1.27. The van der Waals surface area contributed by atoms with Crippen LogP contribution in [0, 0.1) is 0 Å². The van der Waals surface area contributed by atoms with Crippen molar-refractivity contribution in [3.05, 3.63) is 114 Å². The highest BCUT2D eigenvalue weighted by molar-refractivity contribution is 5.93. The highest BCUT2D eigenvalue weighted by Gasteiger charge is 2.50. The predicted molar refractivity (Wildman–Crippen MR) is 142 cm³/mol. The topological polar surface area (TPSA) is 55.8 Å². The van der Waals surface area contributed by atoms with Crippen LogP contribution in [-0.4, -0.2) is 35.8 Å². The van der Waals surface area contributed by atoms with Crippen LogP contribution in [-0.2, 0) is 25.5 Å². The molecule has 186 valence electrons. The van der Waals surface area contributed by atoms with Crippen molar-refractivity contribution in [1.29, 1.82) is 0 Å². The Labute approximate surface area is 217 Å². The number of allylic oxidation sites excluding steroid dienone is 1. The molecule has 2 aliphatic heterocycles. The Morgan fingerprint density at radius 2 is 1.49 bits per heavy atom. The summed E-state index contributed by atoms with van der Waals surface area (Å²) in [5.74, 6) is -2.40. The van der Waals surface area contributed by atoms with Crippen LogP contribution in [0.2, 0.25) is 0 Å². The Morgan fingerprint density at radius 3 is 2.22 bits per heavy atom. The van der Waals surface area contributed by atoms with Crippen molar-refractivity contribution in [2.24, 2.45) is 0 Å². The second-order valence-electron chi connectivity index (χ2n) is 9.86. The molecule has 1 atom stereocenters. The number of carbonyl (C=O) groups excluding carboxylic acids is 2. The van der Waals surface area contributed by atoms with Crippen LogP contribution in [0.4, 0.5) is 0 Å². The first-order chi connectivity index (χ1) is 18.1. The molecule has 3 aromatic carbocycles. The SMILES string of the molecule is O=C1C=CC(=O)OC2(CC(c3ccccc3)CCN2CCC2=CCc3c2cccc3-c2ccccc2)O1. The number of carbonyl (C=O) groups is 2. The van der Waals surface area contributed by atoms with Crippen LogP contribution in [0.1, 0.15) is 41.9 Å². The summed E-state index contributed by atoms with van der Waals surface area (Å²) in [5, 5.41) is 0. The lowest BCUT2D eigenvalue weighted by Gasteiger charge is -2.46. The van der Waals surface area contributed by atoms with Crippen LogP contribution in [0.3, 0.4) is 0 Å². The van der Waals surface area contributed by atoms with Gasteiger partial charge in [-0.05, 0) is 58.6 Å². The van der Waals surface area contributed by atoms with E-state index in [1.807, 2.05) is 29.2 Å². The minimum Gasteiger partial charge on any atom is -0.405 e. The van der Waals surface area contributed by atoms with E-state index in [0.717, 1.165) is 37.0 Å². The first-order valence-corrected chi connectivity index (χ1v) is 12.9. The molecule has 5 nitrogen and oxygen atoms in total. The minimum absolute atomic E-state index is 0.121. The molecule has 1 unspecified atom stereocenters. The van der Waals surface area contributed by atoms with Crippen LogP contribution >= 0.6 is 0 Å². The number of fused-ring (bicyclic) bond motifs is 1. The smallest absolute Gasteiger partial charge is 0.335 e. The van der Waals surface area contributed by atoms with E-state index in [2.05, 4.69) is 60.7 Å². The van der Waals surface area contributed by atoms with Crippen LogP contribution in [0.15, 0.2) is 97.1 Å². The zero-order valence-electron chi connectivity index (χ0n) is 20.6. The number of benzene rings is 3. The van der Waals surface area contributed by atoms with Crippen molar-refractivity contribution < 1.29 is 19.1 Å². The molecular formula is C32H29NO4. The number of hydrogen-bond donors (Lipinski definition) is 0. The molecule has 1 aliphatic carbocycles. The third-order valence-corrected chi connectivity index (χ3v) is 7.69. The van der Waals surface area contributed by atoms with Gasteiger partial charge >= 0.3 is 17.8 Å². The molecule has 0 N–H and O–H groups in total. The lowest BCUT2D eigenvalue weighted by atomic mass is 9.86. The highest BCUT2D eigenvalue weighted by atomic mass is 16.8. The molecule has 0 amide bonds. The maximum Gasteiger partial charge on any atom is 0.335 e. The lowest BCUT2D eigenvalue weighted by Crippen LogP contribution is -2.58. The molecule has 3 aromatic rings. The first-order valence-electron chi connectivity index (χ1n) is 12.9. The predicted octanol–water partition coefficient (Wildman–Crippen LogP) is 5.87. The molecule has 0 saturated carbocycles. The van der Waals surface area contributed by atoms with Crippen molar-refractivity contribution in [2.45, 2.75) is 37.5 Å². The molecule has 1 saturated heterocycles. The van der Waals surface area contributed by atoms with E-state index in [1.165, 1.54) is 27.8 Å². The maximum absolute atomic E-state index is 12.5. The third-order valence-electron chi connectivity index (χ3n) is 7.69. The van der Waals surface area contributed by atoms with Gasteiger partial charge in [-0.1, -0.05) is 84.9 Å². The number of likely N-dealkylation sites (tertiary alicyclic amines) is 1. The van der Waals surface area contributed by atoms with Crippen molar-refractivity contribution in [3.63, 3.8) is 0 Å². The summed E-state index contributed by atoms with van der Waals surface area (Å²) in [6, 6.07) is 27.1. The molecule has 6 rings (SSSR count). The van der Waals surface area contributed by atoms with Crippen molar-refractivity contribution in [1.82, 2.24) is 4.90 Å². The Kier molecular flexibility index (Phi) is 6.23. The van der Waals surface area contributed by atoms with Gasteiger partial charge in [-0.2, -0.15) is 0 Å². The normalized spacial score (nSPS) is 20.6. The minimum atomic E-state index is -1.41. The molecule has 0 aromatic heterocycles. The molecule has 2 heterocycles. The number of nitrogens with zero attached hydrogens (tertiary/aromatic N) is 1. The van der Waals surface area contributed by atoms with Crippen LogP contribution in [0.5, 0.6) is 0 Å². The van der Waals surface area contributed by atoms with E-state index in [1.54, 1.807) is 0 Å². The summed E-state index contributed by atoms with van der Waals surface area (Å²) in [5.41, 5.74) is 7.54. The fourth-order valence-corrected chi connectivity index (χ4v) is 5.89. The van der Waals surface area contributed by atoms with Crippen LogP contribution < -0.4 is 0 Å². The summed E-state index contributed by atoms with van der Waals surface area (Å²) < 4.78 is 11.7. The van der Waals surface area contributed by atoms with Crippen molar-refractivity contribution in [3.8, 4) is 11.1 Å². The van der Waals surface area contributed by atoms with Gasteiger partial charge in [0, 0.05) is 31.7 Å². The largest absolute Gasteiger partial charge is 0.405 e. The van der Waals surface area contributed by atoms with E-state index in [-0.39, 0.29) is 5.92 Å². The molecule has 5 heteroatoms. The summed E-state index contributed by atoms with van der Waals surface area (Å²) in [4.78, 5) is 27.1. The average molecular weight is 492 g/mol. The van der Waals surface area contributed by atoms with E-state index in [9.17, 15) is 9.59 Å². The molecule has 3 aliphatic rings. The van der Waals surface area contributed by atoms with E-state index in [0.29, 0.717) is 19.5 Å². The molecule has 1 fully saturated rings. The first kappa shape index (κ1) is 23.4. The highest BCUT2D eigenvalue weighted by Crippen LogP contribution is 2.42. The fourth-order valence-electron chi connectivity index (χ4n) is 5.89. The van der Waals surface area contributed by atoms with Gasteiger partial charge < -0.3 is 9.47 Å². The van der Waals surface area contributed by atoms with Crippen LogP contribution in [0.25, 0.3) is 16.7 Å². The standard InChI is InChI=1S/C32H29NO4/c34-30-16-17-31(35)37-32(36-30)22-26(23-8-3-1-4-9-23)19-21-33(32)20-18-25-14-15-29-27(12-7-13-28(25)29)24-10-5-2-6-11-24/h1-14,16-17,26H,15,18-22H2. The van der Waals surface area contributed by atoms with Gasteiger partial charge in [0.25, 0.3) is 0 Å². The van der Waals surface area contributed by atoms with Gasteiger partial charge in [0.15, 0.2) is 0 Å². The summed E-state index contributed by atoms with van der Waals surface area (Å²) in [6.07, 6.45) is 7.57. The van der Waals surface area contributed by atoms with Gasteiger partial charge in [0.1, 0.15) is 0 Å². The number of piperidine rings is 1. The zero-order chi connectivity index (χ0) is 25.2. The second kappa shape index (κ2) is 9.83. The number of hydrogen-bond acceptors (Lipinski definition) is 5. The summed E-state index contributed by atoms with van der Waals surface area (Å²) >= 11 is 0. The Bertz CT molecular complexity index is 1360. The molecule has 0 bridgehead atoms. The van der Waals surface area contributed by atoms with Gasteiger partial charge in [-0.3, -0.25) is 0 Å².